The van der Waals surface area contributed by atoms with Crippen molar-refractivity contribution >= 4 is 11.8 Å². The van der Waals surface area contributed by atoms with E-state index in [0.717, 1.165) is 32.5 Å². The summed E-state index contributed by atoms with van der Waals surface area (Å²) in [5.41, 5.74) is -0.267. The Morgan fingerprint density at radius 1 is 1.44 bits per heavy atom. The molecule has 2 aliphatic rings. The van der Waals surface area contributed by atoms with Crippen LogP contribution in [0.15, 0.2) is 0 Å². The lowest BCUT2D eigenvalue weighted by Gasteiger charge is -2.29. The molecule has 4 heteroatoms. The van der Waals surface area contributed by atoms with Crippen LogP contribution < -0.4 is 5.32 Å². The van der Waals surface area contributed by atoms with Crippen molar-refractivity contribution in [2.75, 3.05) is 13.2 Å². The Morgan fingerprint density at radius 3 is 2.69 bits per heavy atom. The number of nitriles is 1. The van der Waals surface area contributed by atoms with Crippen LogP contribution in [0.1, 0.15) is 33.1 Å². The molecule has 1 saturated carbocycles. The van der Waals surface area contributed by atoms with Gasteiger partial charge in [-0.2, -0.15) is 17.0 Å². The molecule has 2 unspecified atom stereocenters. The van der Waals surface area contributed by atoms with E-state index in [1.54, 1.807) is 0 Å². The number of thioether (sulfide) groups is 1. The van der Waals surface area contributed by atoms with Crippen LogP contribution in [0.2, 0.25) is 0 Å². The summed E-state index contributed by atoms with van der Waals surface area (Å²) in [6.45, 7) is 6.02. The van der Waals surface area contributed by atoms with E-state index < -0.39 is 0 Å². The Hall–Kier alpha value is -0.240. The highest BCUT2D eigenvalue weighted by atomic mass is 32.2. The SMILES string of the molecule is CC(C)NC1(C#N)CCC(SC2COC2)C1. The number of nitrogens with one attached hydrogen (secondary N) is 1. The molecular formula is C12H20N2OS. The highest BCUT2D eigenvalue weighted by Crippen LogP contribution is 2.40. The van der Waals surface area contributed by atoms with Crippen LogP contribution in [0, 0.1) is 11.3 Å². The lowest BCUT2D eigenvalue weighted by atomic mass is 9.99. The van der Waals surface area contributed by atoms with E-state index in [1.807, 2.05) is 11.8 Å². The minimum Gasteiger partial charge on any atom is -0.379 e. The molecule has 0 bridgehead atoms. The molecule has 0 spiro atoms. The van der Waals surface area contributed by atoms with Crippen LogP contribution in [-0.4, -0.2) is 35.3 Å². The van der Waals surface area contributed by atoms with Gasteiger partial charge in [-0.05, 0) is 33.1 Å². The molecular weight excluding hydrogens is 220 g/mol. The van der Waals surface area contributed by atoms with Crippen LogP contribution in [0.25, 0.3) is 0 Å². The van der Waals surface area contributed by atoms with Crippen LogP contribution in [-0.2, 0) is 4.74 Å². The van der Waals surface area contributed by atoms with Crippen LogP contribution in [0.3, 0.4) is 0 Å². The first-order valence-corrected chi connectivity index (χ1v) is 7.00. The molecule has 0 aromatic carbocycles. The van der Waals surface area contributed by atoms with E-state index in [1.165, 1.54) is 0 Å². The standard InChI is InChI=1S/C12H20N2OS/c1-9(2)14-12(8-13)4-3-10(5-12)16-11-6-15-7-11/h9-11,14H,3-7H2,1-2H3. The Kier molecular flexibility index (Phi) is 3.78. The summed E-state index contributed by atoms with van der Waals surface area (Å²) in [6, 6.07) is 2.88. The van der Waals surface area contributed by atoms with Gasteiger partial charge in [0, 0.05) is 11.3 Å². The van der Waals surface area contributed by atoms with Gasteiger partial charge in [-0.15, -0.1) is 0 Å². The van der Waals surface area contributed by atoms with Gasteiger partial charge in [-0.1, -0.05) is 0 Å². The third-order valence-electron chi connectivity index (χ3n) is 3.24. The maximum absolute atomic E-state index is 9.34. The molecule has 0 radical (unpaired) electrons. The zero-order valence-corrected chi connectivity index (χ0v) is 10.8. The molecule has 90 valence electrons. The largest absolute Gasteiger partial charge is 0.379 e. The number of nitrogens with zero attached hydrogens (tertiary/aromatic N) is 1. The third-order valence-corrected chi connectivity index (χ3v) is 4.68. The van der Waals surface area contributed by atoms with Crippen molar-refractivity contribution in [1.82, 2.24) is 5.32 Å². The van der Waals surface area contributed by atoms with E-state index >= 15 is 0 Å². The second kappa shape index (κ2) is 4.95. The molecule has 16 heavy (non-hydrogen) atoms. The van der Waals surface area contributed by atoms with Gasteiger partial charge in [-0.3, -0.25) is 5.32 Å². The number of ether oxygens (including phenoxy) is 1. The van der Waals surface area contributed by atoms with Crippen molar-refractivity contribution in [3.63, 3.8) is 0 Å². The lowest BCUT2D eigenvalue weighted by molar-refractivity contribution is 0.0453. The van der Waals surface area contributed by atoms with Crippen molar-refractivity contribution in [2.45, 2.75) is 55.2 Å². The molecule has 1 N–H and O–H groups in total. The van der Waals surface area contributed by atoms with Crippen LogP contribution in [0.5, 0.6) is 0 Å². The Balaban J connectivity index is 1.86. The fraction of sp³-hybridized carbons (Fsp3) is 0.917. The van der Waals surface area contributed by atoms with Crippen LogP contribution in [0.4, 0.5) is 0 Å². The van der Waals surface area contributed by atoms with Gasteiger partial charge in [0.2, 0.25) is 0 Å². The molecule has 1 aliphatic carbocycles. The van der Waals surface area contributed by atoms with Crippen LogP contribution >= 0.6 is 11.8 Å². The van der Waals surface area contributed by atoms with Gasteiger partial charge < -0.3 is 4.74 Å². The van der Waals surface area contributed by atoms with Gasteiger partial charge in [0.1, 0.15) is 5.54 Å². The highest BCUT2D eigenvalue weighted by Gasteiger charge is 2.41. The lowest BCUT2D eigenvalue weighted by Crippen LogP contribution is -2.45. The van der Waals surface area contributed by atoms with Crippen molar-refractivity contribution < 1.29 is 4.74 Å². The van der Waals surface area contributed by atoms with Gasteiger partial charge in [0.25, 0.3) is 0 Å². The molecule has 1 aliphatic heterocycles. The Morgan fingerprint density at radius 2 is 2.19 bits per heavy atom. The minimum atomic E-state index is -0.267. The monoisotopic (exact) mass is 240 g/mol. The molecule has 2 fully saturated rings. The quantitative estimate of drug-likeness (QED) is 0.815. The van der Waals surface area contributed by atoms with E-state index in [2.05, 4.69) is 25.2 Å². The second-order valence-electron chi connectivity index (χ2n) is 5.15. The molecule has 3 nitrogen and oxygen atoms in total. The van der Waals surface area contributed by atoms with Crippen molar-refractivity contribution in [3.05, 3.63) is 0 Å². The fourth-order valence-corrected chi connectivity index (χ4v) is 4.03. The zero-order chi connectivity index (χ0) is 11.6. The summed E-state index contributed by atoms with van der Waals surface area (Å²) in [6.07, 6.45) is 3.14. The zero-order valence-electron chi connectivity index (χ0n) is 10.0. The van der Waals surface area contributed by atoms with Crippen molar-refractivity contribution in [3.8, 4) is 6.07 Å². The summed E-state index contributed by atoms with van der Waals surface area (Å²) in [5.74, 6) is 0. The summed E-state index contributed by atoms with van der Waals surface area (Å²) in [7, 11) is 0. The van der Waals surface area contributed by atoms with E-state index in [4.69, 9.17) is 4.74 Å². The summed E-state index contributed by atoms with van der Waals surface area (Å²) in [4.78, 5) is 0. The molecule has 0 amide bonds. The fourth-order valence-electron chi connectivity index (χ4n) is 2.50. The molecule has 1 heterocycles. The first kappa shape index (κ1) is 12.2. The summed E-state index contributed by atoms with van der Waals surface area (Å²) >= 11 is 2.02. The van der Waals surface area contributed by atoms with Crippen molar-refractivity contribution in [1.29, 1.82) is 5.26 Å². The average Bonchev–Trinajstić information content (AvgIpc) is 2.55. The van der Waals surface area contributed by atoms with Crippen molar-refractivity contribution in [2.24, 2.45) is 0 Å². The topological polar surface area (TPSA) is 45.0 Å². The maximum Gasteiger partial charge on any atom is 0.108 e. The molecule has 0 aromatic heterocycles. The van der Waals surface area contributed by atoms with Gasteiger partial charge in [-0.25, -0.2) is 0 Å². The number of hydrogen-bond acceptors (Lipinski definition) is 4. The molecule has 2 rings (SSSR count). The maximum atomic E-state index is 9.34. The van der Waals surface area contributed by atoms with E-state index in [0.29, 0.717) is 16.5 Å². The first-order chi connectivity index (χ1) is 7.63. The highest BCUT2D eigenvalue weighted by molar-refractivity contribution is 8.00. The van der Waals surface area contributed by atoms with Gasteiger partial charge >= 0.3 is 0 Å². The normalized spacial score (nSPS) is 35.0. The Labute approximate surface area is 102 Å². The number of rotatable bonds is 4. The Bertz CT molecular complexity index is 285. The minimum absolute atomic E-state index is 0.267. The summed E-state index contributed by atoms with van der Waals surface area (Å²) in [5, 5.41) is 14.1. The predicted molar refractivity (Wildman–Crippen MR) is 66.5 cm³/mol. The average molecular weight is 240 g/mol. The third kappa shape index (κ3) is 2.71. The second-order valence-corrected chi connectivity index (χ2v) is 6.76. The molecule has 1 saturated heterocycles. The molecule has 0 aromatic rings. The predicted octanol–water partition coefficient (Wildman–Crippen LogP) is 1.93. The van der Waals surface area contributed by atoms with E-state index in [-0.39, 0.29) is 5.54 Å². The smallest absolute Gasteiger partial charge is 0.108 e. The number of hydrogen-bond donors (Lipinski definition) is 1. The van der Waals surface area contributed by atoms with E-state index in [9.17, 15) is 5.26 Å². The first-order valence-electron chi connectivity index (χ1n) is 6.06. The van der Waals surface area contributed by atoms with Gasteiger partial charge in [0.05, 0.1) is 24.5 Å². The molecule has 2 atom stereocenters. The summed E-state index contributed by atoms with van der Waals surface area (Å²) < 4.78 is 5.19. The van der Waals surface area contributed by atoms with Gasteiger partial charge in [0.15, 0.2) is 0 Å².